The SMILES string of the molecule is Cc1nc(C2CC2(F)F)ccc1S(=O)(=O)N1CCN(C(=O)OC(C)(C)C)CC1. The summed E-state index contributed by atoms with van der Waals surface area (Å²) in [5, 5.41) is 0. The number of pyridine rings is 1. The second-order valence-corrected chi connectivity index (χ2v) is 10.1. The lowest BCUT2D eigenvalue weighted by Crippen LogP contribution is -2.51. The number of hydrogen-bond donors (Lipinski definition) is 0. The van der Waals surface area contributed by atoms with Gasteiger partial charge in [0.05, 0.1) is 17.3 Å². The molecule has 1 saturated carbocycles. The maximum absolute atomic E-state index is 13.2. The number of sulfonamides is 1. The number of piperazine rings is 1. The summed E-state index contributed by atoms with van der Waals surface area (Å²) in [6, 6.07) is 2.71. The molecular formula is C18H25F2N3O4S. The quantitative estimate of drug-likeness (QED) is 0.756. The highest BCUT2D eigenvalue weighted by molar-refractivity contribution is 7.89. The van der Waals surface area contributed by atoms with Crippen LogP contribution in [-0.4, -0.2) is 66.4 Å². The lowest BCUT2D eigenvalue weighted by molar-refractivity contribution is 0.0192. The Bertz CT molecular complexity index is 875. The minimum absolute atomic E-state index is 0.00549. The highest BCUT2D eigenvalue weighted by Gasteiger charge is 2.58. The Hall–Kier alpha value is -1.81. The average Bonchev–Trinajstić information content (AvgIpc) is 3.21. The van der Waals surface area contributed by atoms with E-state index in [2.05, 4.69) is 4.98 Å². The fourth-order valence-electron chi connectivity index (χ4n) is 3.15. The Morgan fingerprint density at radius 3 is 2.25 bits per heavy atom. The Morgan fingerprint density at radius 1 is 1.21 bits per heavy atom. The Labute approximate surface area is 163 Å². The van der Waals surface area contributed by atoms with Gasteiger partial charge in [-0.05, 0) is 39.8 Å². The molecule has 3 rings (SSSR count). The van der Waals surface area contributed by atoms with Gasteiger partial charge in [-0.2, -0.15) is 4.31 Å². The largest absolute Gasteiger partial charge is 0.444 e. The van der Waals surface area contributed by atoms with Gasteiger partial charge in [0.1, 0.15) is 10.5 Å². The van der Waals surface area contributed by atoms with Crippen LogP contribution in [0.1, 0.15) is 44.5 Å². The van der Waals surface area contributed by atoms with Crippen LogP contribution in [-0.2, 0) is 14.8 Å². The molecule has 0 spiro atoms. The summed E-state index contributed by atoms with van der Waals surface area (Å²) in [5.74, 6) is -3.68. The van der Waals surface area contributed by atoms with Crippen LogP contribution < -0.4 is 0 Å². The van der Waals surface area contributed by atoms with Crippen LogP contribution in [0.5, 0.6) is 0 Å². The van der Waals surface area contributed by atoms with Crippen LogP contribution >= 0.6 is 0 Å². The van der Waals surface area contributed by atoms with Crippen LogP contribution in [0.25, 0.3) is 0 Å². The highest BCUT2D eigenvalue weighted by Crippen LogP contribution is 2.55. The van der Waals surface area contributed by atoms with Gasteiger partial charge < -0.3 is 9.64 Å². The molecule has 1 amide bonds. The number of ether oxygens (including phenoxy) is 1. The molecule has 0 radical (unpaired) electrons. The van der Waals surface area contributed by atoms with E-state index in [0.717, 1.165) is 0 Å². The first kappa shape index (κ1) is 20.9. The van der Waals surface area contributed by atoms with Crippen LogP contribution in [0.2, 0.25) is 0 Å². The van der Waals surface area contributed by atoms with Crippen molar-refractivity contribution in [2.45, 2.75) is 56.5 Å². The highest BCUT2D eigenvalue weighted by atomic mass is 32.2. The van der Waals surface area contributed by atoms with Gasteiger partial charge in [0.15, 0.2) is 0 Å². The third-order valence-electron chi connectivity index (χ3n) is 4.75. The molecule has 10 heteroatoms. The smallest absolute Gasteiger partial charge is 0.410 e. The van der Waals surface area contributed by atoms with E-state index in [0.29, 0.717) is 0 Å². The van der Waals surface area contributed by atoms with E-state index in [-0.39, 0.29) is 48.9 Å². The number of aromatic nitrogens is 1. The van der Waals surface area contributed by atoms with Crippen LogP contribution in [0.4, 0.5) is 13.6 Å². The number of amides is 1. The zero-order valence-electron chi connectivity index (χ0n) is 16.4. The van der Waals surface area contributed by atoms with Crippen LogP contribution in [0.15, 0.2) is 17.0 Å². The maximum atomic E-state index is 13.2. The molecule has 2 aliphatic rings. The van der Waals surface area contributed by atoms with Gasteiger partial charge >= 0.3 is 6.09 Å². The maximum Gasteiger partial charge on any atom is 0.410 e. The molecule has 0 N–H and O–H groups in total. The summed E-state index contributed by atoms with van der Waals surface area (Å²) in [6.07, 6.45) is -0.727. The summed E-state index contributed by atoms with van der Waals surface area (Å²) in [4.78, 5) is 17.7. The predicted molar refractivity (Wildman–Crippen MR) is 97.8 cm³/mol. The number of halogens is 2. The lowest BCUT2D eigenvalue weighted by Gasteiger charge is -2.35. The zero-order chi connectivity index (χ0) is 20.9. The van der Waals surface area contributed by atoms with E-state index in [9.17, 15) is 22.0 Å². The molecule has 7 nitrogen and oxygen atoms in total. The van der Waals surface area contributed by atoms with Gasteiger partial charge in [-0.15, -0.1) is 0 Å². The van der Waals surface area contributed by atoms with E-state index in [1.54, 1.807) is 20.8 Å². The molecule has 1 unspecified atom stereocenters. The lowest BCUT2D eigenvalue weighted by atomic mass is 10.2. The first-order valence-corrected chi connectivity index (χ1v) is 10.6. The van der Waals surface area contributed by atoms with Crippen molar-refractivity contribution < 1.29 is 26.7 Å². The van der Waals surface area contributed by atoms with Crippen molar-refractivity contribution in [1.29, 1.82) is 0 Å². The minimum Gasteiger partial charge on any atom is -0.444 e. The van der Waals surface area contributed by atoms with Crippen molar-refractivity contribution in [1.82, 2.24) is 14.2 Å². The van der Waals surface area contributed by atoms with E-state index >= 15 is 0 Å². The number of aryl methyl sites for hydroxylation is 1. The second kappa shape index (κ2) is 6.91. The van der Waals surface area contributed by atoms with Gasteiger partial charge in [0.2, 0.25) is 10.0 Å². The number of carbonyl (C=O) groups is 1. The number of rotatable bonds is 3. The minimum atomic E-state index is -3.82. The summed E-state index contributed by atoms with van der Waals surface area (Å²) in [6.45, 7) is 7.49. The van der Waals surface area contributed by atoms with E-state index in [1.165, 1.54) is 28.3 Å². The predicted octanol–water partition coefficient (Wildman–Crippen LogP) is 2.75. The first-order valence-electron chi connectivity index (χ1n) is 9.15. The molecule has 1 aliphatic carbocycles. The Morgan fingerprint density at radius 2 is 1.79 bits per heavy atom. The molecule has 0 aromatic carbocycles. The van der Waals surface area contributed by atoms with Gasteiger partial charge in [-0.25, -0.2) is 22.0 Å². The molecule has 1 atom stereocenters. The molecule has 156 valence electrons. The molecule has 2 fully saturated rings. The standard InChI is InChI=1S/C18H25F2N3O4S/c1-12-15(6-5-14(21-12)13-11-18(13,19)20)28(25,26)23-9-7-22(8-10-23)16(24)27-17(2,3)4/h5-6,13H,7-11H2,1-4H3. The van der Waals surface area contributed by atoms with Crippen molar-refractivity contribution in [2.75, 3.05) is 26.2 Å². The molecule has 0 bridgehead atoms. The van der Waals surface area contributed by atoms with E-state index in [4.69, 9.17) is 4.74 Å². The van der Waals surface area contributed by atoms with Crippen LogP contribution in [0, 0.1) is 6.92 Å². The van der Waals surface area contributed by atoms with Crippen molar-refractivity contribution in [3.8, 4) is 0 Å². The normalized spacial score (nSPS) is 22.8. The van der Waals surface area contributed by atoms with Crippen LogP contribution in [0.3, 0.4) is 0 Å². The Balaban J connectivity index is 1.68. The summed E-state index contributed by atoms with van der Waals surface area (Å²) in [7, 11) is -3.82. The first-order chi connectivity index (χ1) is 12.8. The van der Waals surface area contributed by atoms with E-state index in [1.807, 2.05) is 0 Å². The molecule has 2 heterocycles. The van der Waals surface area contributed by atoms with Crippen molar-refractivity contribution >= 4 is 16.1 Å². The van der Waals surface area contributed by atoms with Gasteiger partial charge in [0.25, 0.3) is 5.92 Å². The molecule has 1 aliphatic heterocycles. The zero-order valence-corrected chi connectivity index (χ0v) is 17.2. The summed E-state index contributed by atoms with van der Waals surface area (Å²) < 4.78 is 58.9. The number of hydrogen-bond acceptors (Lipinski definition) is 5. The number of carbonyl (C=O) groups excluding carboxylic acids is 1. The molecular weight excluding hydrogens is 392 g/mol. The molecule has 28 heavy (non-hydrogen) atoms. The number of alkyl halides is 2. The number of nitrogens with zero attached hydrogens (tertiary/aromatic N) is 3. The summed E-state index contributed by atoms with van der Waals surface area (Å²) in [5.41, 5.74) is -0.200. The monoisotopic (exact) mass is 417 g/mol. The fourth-order valence-corrected chi connectivity index (χ4v) is 4.73. The third kappa shape index (κ3) is 4.27. The second-order valence-electron chi connectivity index (χ2n) is 8.21. The topological polar surface area (TPSA) is 79.8 Å². The Kier molecular flexibility index (Phi) is 5.16. The van der Waals surface area contributed by atoms with Crippen molar-refractivity contribution in [3.63, 3.8) is 0 Å². The van der Waals surface area contributed by atoms with Gasteiger partial charge in [-0.3, -0.25) is 4.98 Å². The van der Waals surface area contributed by atoms with Crippen molar-refractivity contribution in [3.05, 3.63) is 23.5 Å². The fraction of sp³-hybridized carbons (Fsp3) is 0.667. The molecule has 1 aromatic rings. The van der Waals surface area contributed by atoms with Gasteiger partial charge in [0, 0.05) is 32.6 Å². The third-order valence-corrected chi connectivity index (χ3v) is 6.78. The van der Waals surface area contributed by atoms with Crippen molar-refractivity contribution in [2.24, 2.45) is 0 Å². The average molecular weight is 417 g/mol. The summed E-state index contributed by atoms with van der Waals surface area (Å²) >= 11 is 0. The molecule has 1 aromatic heterocycles. The molecule has 1 saturated heterocycles. The van der Waals surface area contributed by atoms with E-state index < -0.39 is 33.6 Å². The van der Waals surface area contributed by atoms with Gasteiger partial charge in [-0.1, -0.05) is 0 Å².